The van der Waals surface area contributed by atoms with Gasteiger partial charge in [-0.2, -0.15) is 5.48 Å². The highest BCUT2D eigenvalue weighted by Gasteiger charge is 2.15. The molecule has 0 unspecified atom stereocenters. The Morgan fingerprint density at radius 1 is 1.25 bits per heavy atom. The molecule has 1 amide bonds. The lowest BCUT2D eigenvalue weighted by Crippen LogP contribution is -2.27. The second-order valence-corrected chi connectivity index (χ2v) is 3.95. The fraction of sp³-hybridized carbons (Fsp3) is 0.286. The number of hydroxylamine groups is 1. The molecular formula is C14H16N2O4. The molecule has 0 aliphatic rings. The molecular weight excluding hydrogens is 260 g/mol. The number of amides is 1. The van der Waals surface area contributed by atoms with E-state index in [0.29, 0.717) is 30.1 Å². The number of ether oxygens (including phenoxy) is 1. The Balaban J connectivity index is 1.93. The van der Waals surface area contributed by atoms with Gasteiger partial charge in [-0.05, 0) is 31.2 Å². The van der Waals surface area contributed by atoms with Gasteiger partial charge >= 0.3 is 0 Å². The first-order valence-corrected chi connectivity index (χ1v) is 6.38. The summed E-state index contributed by atoms with van der Waals surface area (Å²) in [5.41, 5.74) is 2.72. The van der Waals surface area contributed by atoms with E-state index in [4.69, 9.17) is 14.1 Å². The van der Waals surface area contributed by atoms with Gasteiger partial charge in [-0.1, -0.05) is 12.1 Å². The maximum atomic E-state index is 11.9. The molecule has 1 aromatic carbocycles. The van der Waals surface area contributed by atoms with Gasteiger partial charge in [-0.25, -0.2) is 0 Å². The number of carbonyl (C=O) groups is 1. The molecule has 0 radical (unpaired) electrons. The predicted molar refractivity (Wildman–Crippen MR) is 71.6 cm³/mol. The molecule has 6 nitrogen and oxygen atoms in total. The van der Waals surface area contributed by atoms with Crippen LogP contribution in [0.1, 0.15) is 30.0 Å². The quantitative estimate of drug-likeness (QED) is 0.820. The van der Waals surface area contributed by atoms with E-state index < -0.39 is 5.91 Å². The van der Waals surface area contributed by atoms with Crippen LogP contribution in [0.2, 0.25) is 0 Å². The summed E-state index contributed by atoms with van der Waals surface area (Å²) < 4.78 is 10.3. The van der Waals surface area contributed by atoms with Crippen molar-refractivity contribution in [1.29, 1.82) is 0 Å². The van der Waals surface area contributed by atoms with E-state index >= 15 is 0 Å². The Hall–Kier alpha value is -2.50. The summed E-state index contributed by atoms with van der Waals surface area (Å²) in [6, 6.07) is 6.95. The number of rotatable bonds is 6. The van der Waals surface area contributed by atoms with E-state index in [1.165, 1.54) is 6.20 Å². The van der Waals surface area contributed by atoms with Crippen molar-refractivity contribution >= 4 is 5.91 Å². The van der Waals surface area contributed by atoms with Crippen molar-refractivity contribution in [3.8, 4) is 11.5 Å². The first-order chi connectivity index (χ1) is 9.74. The van der Waals surface area contributed by atoms with Gasteiger partial charge in [0.1, 0.15) is 17.1 Å². The minimum absolute atomic E-state index is 0.374. The standard InChI is InChI=1S/C14H16N2O4/c1-3-13-12(9-15-20-13)14(17)16-19-11-7-5-10(6-8-11)18-4-2/h5-9H,3-4H2,1-2H3,(H,16,17). The normalized spacial score (nSPS) is 10.1. The molecule has 0 saturated carbocycles. The molecule has 0 atom stereocenters. The number of aryl methyl sites for hydroxylation is 1. The van der Waals surface area contributed by atoms with Crippen LogP contribution in [0.4, 0.5) is 0 Å². The van der Waals surface area contributed by atoms with Gasteiger partial charge in [0.15, 0.2) is 5.75 Å². The summed E-state index contributed by atoms with van der Waals surface area (Å²) >= 11 is 0. The van der Waals surface area contributed by atoms with Gasteiger partial charge in [-0.15, -0.1) is 0 Å². The summed E-state index contributed by atoms with van der Waals surface area (Å²) in [6.07, 6.45) is 1.96. The fourth-order valence-corrected chi connectivity index (χ4v) is 1.63. The summed E-state index contributed by atoms with van der Waals surface area (Å²) in [6.45, 7) is 4.39. The van der Waals surface area contributed by atoms with E-state index in [2.05, 4.69) is 10.6 Å². The topological polar surface area (TPSA) is 73.6 Å². The Bertz CT molecular complexity index is 563. The number of carbonyl (C=O) groups excluding carboxylic acids is 1. The Labute approximate surface area is 116 Å². The molecule has 0 fully saturated rings. The van der Waals surface area contributed by atoms with Crippen LogP contribution in [0.25, 0.3) is 0 Å². The van der Waals surface area contributed by atoms with Crippen LogP contribution in [-0.4, -0.2) is 17.7 Å². The van der Waals surface area contributed by atoms with Gasteiger partial charge < -0.3 is 14.1 Å². The lowest BCUT2D eigenvalue weighted by atomic mass is 10.2. The van der Waals surface area contributed by atoms with Crippen molar-refractivity contribution in [2.24, 2.45) is 0 Å². The third kappa shape index (κ3) is 3.28. The maximum Gasteiger partial charge on any atom is 0.289 e. The average molecular weight is 276 g/mol. The zero-order valence-electron chi connectivity index (χ0n) is 11.4. The van der Waals surface area contributed by atoms with Crippen molar-refractivity contribution in [3.63, 3.8) is 0 Å². The maximum absolute atomic E-state index is 11.9. The predicted octanol–water partition coefficient (Wildman–Crippen LogP) is 2.36. The van der Waals surface area contributed by atoms with Gasteiger partial charge in [0.25, 0.3) is 5.91 Å². The third-order valence-corrected chi connectivity index (χ3v) is 2.61. The molecule has 1 N–H and O–H groups in total. The third-order valence-electron chi connectivity index (χ3n) is 2.61. The number of aromatic nitrogens is 1. The summed E-state index contributed by atoms with van der Waals surface area (Å²) in [4.78, 5) is 17.1. The van der Waals surface area contributed by atoms with E-state index in [1.54, 1.807) is 24.3 Å². The zero-order chi connectivity index (χ0) is 14.4. The molecule has 6 heteroatoms. The first-order valence-electron chi connectivity index (χ1n) is 6.38. The molecule has 0 saturated heterocycles. The Kier molecular flexibility index (Phi) is 4.60. The van der Waals surface area contributed by atoms with Crippen LogP contribution in [0.3, 0.4) is 0 Å². The highest BCUT2D eigenvalue weighted by atomic mass is 16.7. The summed E-state index contributed by atoms with van der Waals surface area (Å²) in [5, 5.41) is 3.59. The molecule has 2 rings (SSSR count). The number of nitrogens with one attached hydrogen (secondary N) is 1. The second kappa shape index (κ2) is 6.60. The second-order valence-electron chi connectivity index (χ2n) is 3.95. The summed E-state index contributed by atoms with van der Waals surface area (Å²) in [5.74, 6) is 1.39. The smallest absolute Gasteiger partial charge is 0.289 e. The lowest BCUT2D eigenvalue weighted by Gasteiger charge is -2.07. The van der Waals surface area contributed by atoms with Gasteiger partial charge in [0.05, 0.1) is 12.8 Å². The van der Waals surface area contributed by atoms with Crippen LogP contribution in [0.5, 0.6) is 11.5 Å². The fourth-order valence-electron chi connectivity index (χ4n) is 1.63. The zero-order valence-corrected chi connectivity index (χ0v) is 11.4. The molecule has 0 aliphatic carbocycles. The van der Waals surface area contributed by atoms with Crippen LogP contribution < -0.4 is 15.1 Å². The number of hydrogen-bond donors (Lipinski definition) is 1. The number of hydrogen-bond acceptors (Lipinski definition) is 5. The number of benzene rings is 1. The van der Waals surface area contributed by atoms with Crippen molar-refractivity contribution in [3.05, 3.63) is 41.8 Å². The largest absolute Gasteiger partial charge is 0.494 e. The molecule has 1 aromatic heterocycles. The van der Waals surface area contributed by atoms with Crippen LogP contribution in [0, 0.1) is 0 Å². The van der Waals surface area contributed by atoms with Crippen molar-refractivity contribution < 1.29 is 18.9 Å². The molecule has 2 aromatic rings. The monoisotopic (exact) mass is 276 g/mol. The van der Waals surface area contributed by atoms with Crippen molar-refractivity contribution in [2.75, 3.05) is 6.61 Å². The molecule has 20 heavy (non-hydrogen) atoms. The van der Waals surface area contributed by atoms with Crippen LogP contribution in [-0.2, 0) is 6.42 Å². The minimum atomic E-state index is -0.392. The van der Waals surface area contributed by atoms with E-state index in [0.717, 1.165) is 5.75 Å². The van der Waals surface area contributed by atoms with Crippen molar-refractivity contribution in [1.82, 2.24) is 10.6 Å². The van der Waals surface area contributed by atoms with Gasteiger partial charge in [0.2, 0.25) is 0 Å². The molecule has 0 bridgehead atoms. The lowest BCUT2D eigenvalue weighted by molar-refractivity contribution is 0.0757. The minimum Gasteiger partial charge on any atom is -0.494 e. The Morgan fingerprint density at radius 3 is 2.60 bits per heavy atom. The number of nitrogens with zero attached hydrogens (tertiary/aromatic N) is 1. The highest BCUT2D eigenvalue weighted by molar-refractivity contribution is 5.94. The van der Waals surface area contributed by atoms with Gasteiger partial charge in [0, 0.05) is 6.42 Å². The average Bonchev–Trinajstić information content (AvgIpc) is 2.95. The molecule has 0 spiro atoms. The van der Waals surface area contributed by atoms with Crippen molar-refractivity contribution in [2.45, 2.75) is 20.3 Å². The van der Waals surface area contributed by atoms with Crippen LogP contribution >= 0.6 is 0 Å². The highest BCUT2D eigenvalue weighted by Crippen LogP contribution is 2.17. The van der Waals surface area contributed by atoms with E-state index in [1.807, 2.05) is 13.8 Å². The SMILES string of the molecule is CCOc1ccc(ONC(=O)c2cnoc2CC)cc1. The first kappa shape index (κ1) is 13.9. The van der Waals surface area contributed by atoms with E-state index in [9.17, 15) is 4.79 Å². The molecule has 1 heterocycles. The van der Waals surface area contributed by atoms with Crippen LogP contribution in [0.15, 0.2) is 35.0 Å². The Morgan fingerprint density at radius 2 is 1.95 bits per heavy atom. The van der Waals surface area contributed by atoms with Gasteiger partial charge in [-0.3, -0.25) is 4.79 Å². The molecule has 0 aliphatic heterocycles. The van der Waals surface area contributed by atoms with E-state index in [-0.39, 0.29) is 0 Å². The molecule has 106 valence electrons. The summed E-state index contributed by atoms with van der Waals surface area (Å²) in [7, 11) is 0.